The van der Waals surface area contributed by atoms with E-state index < -0.39 is 0 Å². The van der Waals surface area contributed by atoms with Crippen LogP contribution in [0.1, 0.15) is 2.85 Å². The summed E-state index contributed by atoms with van der Waals surface area (Å²) < 4.78 is 0. The Bertz CT molecular complexity index is 13.5. The van der Waals surface area contributed by atoms with Crippen LogP contribution < -0.4 is 0 Å². The van der Waals surface area contributed by atoms with Crippen LogP contribution in [0.5, 0.6) is 0 Å². The van der Waals surface area contributed by atoms with Gasteiger partial charge in [-0.3, -0.25) is 0 Å². The summed E-state index contributed by atoms with van der Waals surface area (Å²) in [5.41, 5.74) is 0. The Morgan fingerprint density at radius 1 is 1.25 bits per heavy atom. The van der Waals surface area contributed by atoms with E-state index in [1.54, 1.807) is 0 Å². The van der Waals surface area contributed by atoms with E-state index in [2.05, 4.69) is 0 Å². The summed E-state index contributed by atoms with van der Waals surface area (Å²) in [5, 5.41) is 0. The molecule has 20 valence electrons. The zero-order valence-corrected chi connectivity index (χ0v) is 11.6. The molecule has 0 atom stereocenters. The molecule has 0 amide bonds. The molecule has 0 aliphatic heterocycles. The van der Waals surface area contributed by atoms with Gasteiger partial charge in [0.1, 0.15) is 0 Å². The Morgan fingerprint density at radius 3 is 1.25 bits per heavy atom. The first kappa shape index (κ1) is 25.2. The SMILES string of the molecule is [Cr].[H-].[H-].[La].[Mn].[Sr+2]. The van der Waals surface area contributed by atoms with Crippen molar-refractivity contribution in [2.24, 2.45) is 0 Å². The molecule has 0 aromatic carbocycles. The van der Waals surface area contributed by atoms with E-state index in [0.717, 1.165) is 0 Å². The van der Waals surface area contributed by atoms with Crippen molar-refractivity contribution >= 4 is 45.5 Å². The third kappa shape index (κ3) is 9.21. The Kier molecular flexibility index (Phi) is 100.0. The number of rotatable bonds is 0. The van der Waals surface area contributed by atoms with Gasteiger partial charge in [0.25, 0.3) is 0 Å². The van der Waals surface area contributed by atoms with Crippen LogP contribution in [0.15, 0.2) is 0 Å². The summed E-state index contributed by atoms with van der Waals surface area (Å²) in [5.74, 6) is 0. The largest absolute Gasteiger partial charge is 2.00 e. The van der Waals surface area contributed by atoms with E-state index in [4.69, 9.17) is 0 Å². The van der Waals surface area contributed by atoms with Gasteiger partial charge in [-0.1, -0.05) is 0 Å². The smallest absolute Gasteiger partial charge is 1.00 e. The minimum absolute atomic E-state index is 0. The molecule has 0 aromatic rings. The Balaban J connectivity index is 0. The predicted octanol–water partition coefficient (Wildman–Crippen LogP) is -0.161. The first-order chi connectivity index (χ1) is 0. The summed E-state index contributed by atoms with van der Waals surface area (Å²) in [6.45, 7) is 0. The zero-order valence-electron chi connectivity index (χ0n) is 4.07. The van der Waals surface area contributed by atoms with Crippen molar-refractivity contribution in [1.29, 1.82) is 0 Å². The molecular formula is H2CrLaMnSr. The second-order valence-corrected chi connectivity index (χ2v) is 0. The van der Waals surface area contributed by atoms with Gasteiger partial charge in [0.15, 0.2) is 0 Å². The average Bonchev–Trinajstić information content (AvgIpc) is 0. The molecule has 0 unspecified atom stereocenters. The van der Waals surface area contributed by atoms with Crippen molar-refractivity contribution < 1.29 is 72.9 Å². The predicted molar refractivity (Wildman–Crippen MR) is 7.98 cm³/mol. The fourth-order valence-electron chi connectivity index (χ4n) is 0. The van der Waals surface area contributed by atoms with Crippen molar-refractivity contribution in [3.63, 3.8) is 0 Å². The molecule has 0 saturated carbocycles. The molecular weight excluding hydrogens is 333 g/mol. The molecule has 0 rings (SSSR count). The summed E-state index contributed by atoms with van der Waals surface area (Å²) >= 11 is 0. The maximum Gasteiger partial charge on any atom is 2.00 e. The van der Waals surface area contributed by atoms with Crippen LogP contribution in [0, 0.1) is 35.6 Å². The van der Waals surface area contributed by atoms with Gasteiger partial charge in [0, 0.05) is 70.0 Å². The summed E-state index contributed by atoms with van der Waals surface area (Å²) in [6.07, 6.45) is 0. The fourth-order valence-corrected chi connectivity index (χ4v) is 0. The van der Waals surface area contributed by atoms with Crippen LogP contribution in [0.3, 0.4) is 0 Å². The van der Waals surface area contributed by atoms with Crippen LogP contribution in [0.2, 0.25) is 0 Å². The standard InChI is InChI=1S/Cr.La.Mn.Sr.2H/q;;;+2;2*-1. The molecule has 0 spiro atoms. The minimum atomic E-state index is 0. The van der Waals surface area contributed by atoms with E-state index in [-0.39, 0.29) is 118 Å². The summed E-state index contributed by atoms with van der Waals surface area (Å²) in [6, 6.07) is 0. The maximum absolute atomic E-state index is 0. The summed E-state index contributed by atoms with van der Waals surface area (Å²) in [7, 11) is 0. The zero-order chi connectivity index (χ0) is 0. The van der Waals surface area contributed by atoms with E-state index in [1.165, 1.54) is 0 Å². The molecule has 4 heteroatoms. The topological polar surface area (TPSA) is 0 Å². The molecule has 0 aliphatic rings. The Labute approximate surface area is 115 Å². The van der Waals surface area contributed by atoms with Gasteiger partial charge in [-0.15, -0.1) is 0 Å². The van der Waals surface area contributed by atoms with Gasteiger partial charge < -0.3 is 2.85 Å². The third-order valence-corrected chi connectivity index (χ3v) is 0. The Hall–Kier alpha value is 3.73. The minimum Gasteiger partial charge on any atom is -1.00 e. The first-order valence-corrected chi connectivity index (χ1v) is 0. The van der Waals surface area contributed by atoms with Crippen LogP contribution in [0.25, 0.3) is 0 Å². The molecule has 0 heterocycles. The van der Waals surface area contributed by atoms with Crippen molar-refractivity contribution in [2.75, 3.05) is 0 Å². The van der Waals surface area contributed by atoms with Gasteiger partial charge in [0.2, 0.25) is 0 Å². The molecule has 0 aliphatic carbocycles. The molecule has 0 saturated heterocycles. The van der Waals surface area contributed by atoms with Crippen LogP contribution in [-0.4, -0.2) is 45.5 Å². The molecule has 0 nitrogen and oxygen atoms in total. The number of hydrogen-bond donors (Lipinski definition) is 0. The van der Waals surface area contributed by atoms with E-state index in [9.17, 15) is 0 Å². The van der Waals surface area contributed by atoms with E-state index >= 15 is 0 Å². The maximum atomic E-state index is 0. The third-order valence-electron chi connectivity index (χ3n) is 0. The van der Waals surface area contributed by atoms with Gasteiger partial charge in [-0.25, -0.2) is 0 Å². The molecule has 0 bridgehead atoms. The monoisotopic (exact) mass is 336 g/mol. The van der Waals surface area contributed by atoms with Crippen molar-refractivity contribution in [3.8, 4) is 0 Å². The normalized spacial score (nSPS) is 0. The molecule has 4 heavy (non-hydrogen) atoms. The van der Waals surface area contributed by atoms with Crippen molar-refractivity contribution in [1.82, 2.24) is 0 Å². The average molecular weight is 335 g/mol. The fraction of sp³-hybridized carbons (Fsp3) is 0. The van der Waals surface area contributed by atoms with Crippen LogP contribution in [-0.2, 0) is 34.4 Å². The van der Waals surface area contributed by atoms with Gasteiger partial charge >= 0.3 is 45.5 Å². The first-order valence-electron chi connectivity index (χ1n) is 0. The quantitative estimate of drug-likeness (QED) is 0.540. The molecule has 0 fully saturated rings. The van der Waals surface area contributed by atoms with Crippen LogP contribution >= 0.6 is 0 Å². The summed E-state index contributed by atoms with van der Waals surface area (Å²) in [4.78, 5) is 0. The molecule has 0 N–H and O–H groups in total. The van der Waals surface area contributed by atoms with Gasteiger partial charge in [-0.05, 0) is 0 Å². The number of hydrogen-bond acceptors (Lipinski definition) is 0. The van der Waals surface area contributed by atoms with Crippen molar-refractivity contribution in [3.05, 3.63) is 0 Å². The molecule has 0 aromatic heterocycles. The van der Waals surface area contributed by atoms with E-state index in [0.29, 0.717) is 0 Å². The Morgan fingerprint density at radius 2 is 1.25 bits per heavy atom. The van der Waals surface area contributed by atoms with Gasteiger partial charge in [0.05, 0.1) is 0 Å². The van der Waals surface area contributed by atoms with Crippen LogP contribution in [0.4, 0.5) is 0 Å². The van der Waals surface area contributed by atoms with E-state index in [1.807, 2.05) is 0 Å². The molecule has 2 radical (unpaired) electrons. The van der Waals surface area contributed by atoms with Gasteiger partial charge in [-0.2, -0.15) is 0 Å². The second kappa shape index (κ2) is 15.9. The second-order valence-electron chi connectivity index (χ2n) is 0. The van der Waals surface area contributed by atoms with Crippen molar-refractivity contribution in [2.45, 2.75) is 0 Å².